The second-order valence-corrected chi connectivity index (χ2v) is 15.2. The lowest BCUT2D eigenvalue weighted by Crippen LogP contribution is -2.60. The highest BCUT2D eigenvalue weighted by atomic mass is 32.2. The van der Waals surface area contributed by atoms with Crippen molar-refractivity contribution in [2.75, 3.05) is 52.6 Å². The number of carbonyl (C=O) groups is 3. The maximum atomic E-state index is 13.3. The van der Waals surface area contributed by atoms with E-state index in [1.165, 1.54) is 22.2 Å². The Morgan fingerprint density at radius 2 is 1.67 bits per heavy atom. The number of nitrogens with zero attached hydrogens (tertiary/aromatic N) is 3. The van der Waals surface area contributed by atoms with E-state index in [0.29, 0.717) is 45.4 Å². The van der Waals surface area contributed by atoms with E-state index in [2.05, 4.69) is 35.5 Å². The molecule has 278 valence electrons. The molecule has 51 heavy (non-hydrogen) atoms. The number of aliphatic hydroxyl groups excluding tert-OH is 3. The van der Waals surface area contributed by atoms with E-state index in [0.717, 1.165) is 35.1 Å². The number of piperazine rings is 1. The van der Waals surface area contributed by atoms with Crippen LogP contribution in [0, 0.1) is 19.3 Å². The van der Waals surface area contributed by atoms with E-state index in [1.807, 2.05) is 30.0 Å². The Labute approximate surface area is 306 Å². The van der Waals surface area contributed by atoms with Gasteiger partial charge in [0.05, 0.1) is 13.1 Å². The lowest BCUT2D eigenvalue weighted by Gasteiger charge is -2.40. The molecule has 2 aromatic rings. The molecule has 2 aliphatic heterocycles. The fourth-order valence-corrected chi connectivity index (χ4v) is 7.21. The number of aliphatic hydroxyl groups is 3. The molecule has 2 fully saturated rings. The Kier molecular flexibility index (Phi) is 14.5. The van der Waals surface area contributed by atoms with Gasteiger partial charge in [-0.05, 0) is 80.5 Å². The summed E-state index contributed by atoms with van der Waals surface area (Å²) < 4.78 is 5.97. The lowest BCUT2D eigenvalue weighted by atomic mass is 9.91. The first kappa shape index (κ1) is 40.3. The van der Waals surface area contributed by atoms with Crippen molar-refractivity contribution in [1.29, 1.82) is 0 Å². The number of benzene rings is 2. The van der Waals surface area contributed by atoms with Crippen molar-refractivity contribution < 1.29 is 34.4 Å². The van der Waals surface area contributed by atoms with Crippen LogP contribution in [0.15, 0.2) is 42.5 Å². The Morgan fingerprint density at radius 3 is 2.31 bits per heavy atom. The first-order valence-corrected chi connectivity index (χ1v) is 18.9. The second kappa shape index (κ2) is 18.4. The van der Waals surface area contributed by atoms with Gasteiger partial charge in [-0.25, -0.2) is 0 Å². The van der Waals surface area contributed by atoms with Crippen molar-refractivity contribution in [3.05, 3.63) is 70.3 Å². The highest BCUT2D eigenvalue weighted by Crippen LogP contribution is 2.36. The van der Waals surface area contributed by atoms with Crippen LogP contribution in [0.2, 0.25) is 0 Å². The van der Waals surface area contributed by atoms with Gasteiger partial charge in [0.15, 0.2) is 0 Å². The number of nitrogens with one attached hydrogen (secondary N) is 1. The predicted octanol–water partition coefficient (Wildman–Crippen LogP) is 2.27. The lowest BCUT2D eigenvalue weighted by molar-refractivity contribution is -0.200. The molecule has 12 heteroatoms. The average Bonchev–Trinajstić information content (AvgIpc) is 3.11. The van der Waals surface area contributed by atoms with Crippen LogP contribution in [-0.2, 0) is 32.0 Å². The number of ether oxygens (including phenoxy) is 1. The first-order valence-electron chi connectivity index (χ1n) is 17.6. The molecule has 5 atom stereocenters. The van der Waals surface area contributed by atoms with E-state index >= 15 is 0 Å². The highest BCUT2D eigenvalue weighted by molar-refractivity contribution is 7.99. The van der Waals surface area contributed by atoms with Gasteiger partial charge >= 0.3 is 0 Å². The number of thioether (sulfide) groups is 1. The quantitative estimate of drug-likeness (QED) is 0.171. The van der Waals surface area contributed by atoms with Crippen LogP contribution in [0.5, 0.6) is 0 Å². The second-order valence-electron chi connectivity index (χ2n) is 14.2. The van der Waals surface area contributed by atoms with Gasteiger partial charge < -0.3 is 35.2 Å². The van der Waals surface area contributed by atoms with Gasteiger partial charge in [-0.15, -0.1) is 18.2 Å². The van der Waals surface area contributed by atoms with Gasteiger partial charge in [0, 0.05) is 39.6 Å². The fourth-order valence-electron chi connectivity index (χ4n) is 6.54. The fraction of sp³-hybridized carbons (Fsp3) is 0.564. The van der Waals surface area contributed by atoms with E-state index < -0.39 is 35.4 Å². The number of aryl methyl sites for hydroxylation is 2. The number of unbranched alkanes of at least 4 members (excludes halogenated alkanes) is 1. The summed E-state index contributed by atoms with van der Waals surface area (Å²) in [7, 11) is 1.68. The molecular formula is C39H54N4O7S. The molecule has 0 unspecified atom stereocenters. The Bertz CT molecular complexity index is 1530. The molecule has 0 spiro atoms. The Morgan fingerprint density at radius 1 is 1.00 bits per heavy atom. The van der Waals surface area contributed by atoms with Crippen molar-refractivity contribution >= 4 is 29.5 Å². The van der Waals surface area contributed by atoms with Crippen LogP contribution in [0.1, 0.15) is 67.0 Å². The molecule has 0 bridgehead atoms. The van der Waals surface area contributed by atoms with Crippen LogP contribution >= 0.6 is 11.8 Å². The summed E-state index contributed by atoms with van der Waals surface area (Å²) in [5, 5.41) is 34.2. The van der Waals surface area contributed by atoms with E-state index in [-0.39, 0.29) is 30.8 Å². The number of hydrogen-bond acceptors (Lipinski definition) is 9. The number of terminal acetylenes is 1. The zero-order chi connectivity index (χ0) is 37.3. The number of rotatable bonds is 14. The van der Waals surface area contributed by atoms with Crippen molar-refractivity contribution in [3.8, 4) is 12.3 Å². The maximum Gasteiger partial charge on any atom is 0.247 e. The molecule has 3 amide bonds. The molecule has 4 N–H and O–H groups in total. The molecule has 0 aliphatic carbocycles. The standard InChI is InChI=1S/C39H54N4O7S/c1-7-18-41(5)32(45)25-42-19-21-43(22-20-42)38(49)39(3,4)40-31(44)11-9-8-10-27-13-15-28(16-14-27)23-30-24-29(17-12-26(30)2)36-34(47)33(46)35(48)37(50-36)51-6/h1,12-17,24,33-37,46-48H,8-11,18-23,25H2,2-6H3,(H,40,44)/t33-,34-,35+,36+,37-/m1/s1. The number of carbonyl (C=O) groups excluding carboxylic acids is 3. The zero-order valence-electron chi connectivity index (χ0n) is 30.5. The summed E-state index contributed by atoms with van der Waals surface area (Å²) in [4.78, 5) is 43.6. The zero-order valence-corrected chi connectivity index (χ0v) is 31.3. The van der Waals surface area contributed by atoms with Crippen molar-refractivity contribution in [1.82, 2.24) is 20.0 Å². The van der Waals surface area contributed by atoms with Crippen LogP contribution in [0.4, 0.5) is 0 Å². The van der Waals surface area contributed by atoms with Crippen LogP contribution in [0.3, 0.4) is 0 Å². The SMILES string of the molecule is C#CCN(C)C(=O)CN1CCN(C(=O)C(C)(C)NC(=O)CCCCc2ccc(Cc3cc([C@@H]4O[C@H](SC)[C@@H](O)[C@H](O)[C@H]4O)ccc3C)cc2)CC1. The maximum absolute atomic E-state index is 13.3. The summed E-state index contributed by atoms with van der Waals surface area (Å²) >= 11 is 1.30. The first-order chi connectivity index (χ1) is 24.2. The Balaban J connectivity index is 1.20. The molecule has 2 aliphatic rings. The molecule has 2 saturated heterocycles. The molecule has 11 nitrogen and oxygen atoms in total. The van der Waals surface area contributed by atoms with Gasteiger partial charge in [-0.3, -0.25) is 19.3 Å². The van der Waals surface area contributed by atoms with Crippen LogP contribution < -0.4 is 5.32 Å². The van der Waals surface area contributed by atoms with Crippen molar-refractivity contribution in [3.63, 3.8) is 0 Å². The minimum Gasteiger partial charge on any atom is -0.387 e. The third-order valence-electron chi connectivity index (χ3n) is 9.80. The monoisotopic (exact) mass is 722 g/mol. The predicted molar refractivity (Wildman–Crippen MR) is 199 cm³/mol. The summed E-state index contributed by atoms with van der Waals surface area (Å²) in [6, 6.07) is 14.3. The minimum atomic E-state index is -1.29. The summed E-state index contributed by atoms with van der Waals surface area (Å²) in [6.45, 7) is 8.19. The van der Waals surface area contributed by atoms with Gasteiger partial charge in [0.25, 0.3) is 0 Å². The van der Waals surface area contributed by atoms with Gasteiger partial charge in [-0.1, -0.05) is 48.4 Å². The molecule has 4 rings (SSSR count). The number of hydrogen-bond donors (Lipinski definition) is 4. The van der Waals surface area contributed by atoms with E-state index in [1.54, 1.807) is 32.1 Å². The van der Waals surface area contributed by atoms with Crippen molar-refractivity contribution in [2.45, 2.75) is 88.3 Å². The van der Waals surface area contributed by atoms with Crippen molar-refractivity contribution in [2.24, 2.45) is 0 Å². The molecule has 0 saturated carbocycles. The van der Waals surface area contributed by atoms with E-state index in [9.17, 15) is 29.7 Å². The van der Waals surface area contributed by atoms with Gasteiger partial charge in [0.1, 0.15) is 35.4 Å². The third kappa shape index (κ3) is 10.8. The van der Waals surface area contributed by atoms with Crippen LogP contribution in [0.25, 0.3) is 0 Å². The van der Waals surface area contributed by atoms with E-state index in [4.69, 9.17) is 11.2 Å². The molecule has 2 aromatic carbocycles. The minimum absolute atomic E-state index is 0.0471. The number of amides is 3. The summed E-state index contributed by atoms with van der Waals surface area (Å²) in [6.07, 6.45) is 6.05. The highest BCUT2D eigenvalue weighted by Gasteiger charge is 2.44. The smallest absolute Gasteiger partial charge is 0.247 e. The van der Waals surface area contributed by atoms with Gasteiger partial charge in [0.2, 0.25) is 17.7 Å². The molecule has 2 heterocycles. The Hall–Kier alpha value is -3.44. The molecule has 0 radical (unpaired) electrons. The van der Waals surface area contributed by atoms with Crippen LogP contribution in [-0.4, -0.2) is 130 Å². The largest absolute Gasteiger partial charge is 0.387 e. The third-order valence-corrected chi connectivity index (χ3v) is 10.7. The number of likely N-dealkylation sites (N-methyl/N-ethyl adjacent to an activating group) is 1. The summed E-state index contributed by atoms with van der Waals surface area (Å²) in [5.41, 5.74) is 3.61. The average molecular weight is 723 g/mol. The molecule has 0 aromatic heterocycles. The summed E-state index contributed by atoms with van der Waals surface area (Å²) in [5.74, 6) is 2.14. The normalized spacial score (nSPS) is 22.6. The molecular weight excluding hydrogens is 669 g/mol. The van der Waals surface area contributed by atoms with Gasteiger partial charge in [-0.2, -0.15) is 0 Å². The topological polar surface area (TPSA) is 143 Å².